The first-order valence-electron chi connectivity index (χ1n) is 8.54. The fourth-order valence-corrected chi connectivity index (χ4v) is 3.43. The molecule has 0 bridgehead atoms. The van der Waals surface area contributed by atoms with Gasteiger partial charge >= 0.3 is 0 Å². The normalized spacial score (nSPS) is 11.3. The summed E-state index contributed by atoms with van der Waals surface area (Å²) in [5, 5.41) is 5.78. The fraction of sp³-hybridized carbons (Fsp3) is 0.316. The number of amides is 1. The monoisotopic (exact) mass is 391 g/mol. The smallest absolute Gasteiger partial charge is 0.246 e. The summed E-state index contributed by atoms with van der Waals surface area (Å²) in [6.07, 6.45) is 0. The highest BCUT2D eigenvalue weighted by Crippen LogP contribution is 2.29. The number of aryl methyl sites for hydroxylation is 1. The van der Waals surface area contributed by atoms with Gasteiger partial charge in [-0.3, -0.25) is 4.79 Å². The van der Waals surface area contributed by atoms with Crippen molar-refractivity contribution in [3.8, 4) is 5.75 Å². The molecule has 7 nitrogen and oxygen atoms in total. The van der Waals surface area contributed by atoms with Crippen molar-refractivity contribution >= 4 is 27.3 Å². The molecular formula is C19H25N3O4S. The number of hydrogen-bond acceptors (Lipinski definition) is 5. The molecule has 146 valence electrons. The predicted molar refractivity (Wildman–Crippen MR) is 107 cm³/mol. The molecule has 0 saturated heterocycles. The Morgan fingerprint density at radius 1 is 1.15 bits per heavy atom. The van der Waals surface area contributed by atoms with Crippen LogP contribution in [0.3, 0.4) is 0 Å². The highest BCUT2D eigenvalue weighted by Gasteiger charge is 2.23. The topological polar surface area (TPSA) is 87.7 Å². The summed E-state index contributed by atoms with van der Waals surface area (Å²) in [7, 11) is -0.759. The van der Waals surface area contributed by atoms with Gasteiger partial charge in [0, 0.05) is 25.5 Å². The molecule has 0 aromatic heterocycles. The maximum absolute atomic E-state index is 12.5. The largest absolute Gasteiger partial charge is 0.492 e. The molecule has 8 heteroatoms. The standard InChI is InChI=1S/C19H25N3O4S/c1-5-26-17-11-10-15(12-18(17)27(24,25)22(3)4)20-13-19(23)21-16-9-7-6-8-14(16)2/h6-12,20H,5,13H2,1-4H3,(H,21,23). The zero-order chi connectivity index (χ0) is 20.0. The average molecular weight is 391 g/mol. The van der Waals surface area contributed by atoms with Crippen LogP contribution in [0.2, 0.25) is 0 Å². The molecule has 2 N–H and O–H groups in total. The lowest BCUT2D eigenvalue weighted by Gasteiger charge is -2.17. The number of carbonyl (C=O) groups is 1. The summed E-state index contributed by atoms with van der Waals surface area (Å²) in [4.78, 5) is 12.2. The lowest BCUT2D eigenvalue weighted by molar-refractivity contribution is -0.114. The Labute approximate surface area is 160 Å². The minimum Gasteiger partial charge on any atom is -0.492 e. The Morgan fingerprint density at radius 2 is 1.85 bits per heavy atom. The van der Waals surface area contributed by atoms with Crippen LogP contribution in [0.5, 0.6) is 5.75 Å². The van der Waals surface area contributed by atoms with Crippen molar-refractivity contribution < 1.29 is 17.9 Å². The molecule has 0 heterocycles. The van der Waals surface area contributed by atoms with Gasteiger partial charge in [-0.15, -0.1) is 0 Å². The van der Waals surface area contributed by atoms with Crippen molar-refractivity contribution in [1.82, 2.24) is 4.31 Å². The first kappa shape index (κ1) is 20.7. The second-order valence-corrected chi connectivity index (χ2v) is 8.22. The van der Waals surface area contributed by atoms with E-state index in [0.29, 0.717) is 12.3 Å². The van der Waals surface area contributed by atoms with Crippen molar-refractivity contribution in [3.05, 3.63) is 48.0 Å². The Bertz CT molecular complexity index is 911. The summed E-state index contributed by atoms with van der Waals surface area (Å²) in [6.45, 7) is 4.05. The van der Waals surface area contributed by atoms with Crippen molar-refractivity contribution in [3.63, 3.8) is 0 Å². The second kappa shape index (κ2) is 8.88. The number of hydrogen-bond donors (Lipinski definition) is 2. The van der Waals surface area contributed by atoms with Crippen molar-refractivity contribution in [2.75, 3.05) is 37.9 Å². The SMILES string of the molecule is CCOc1ccc(NCC(=O)Nc2ccccc2C)cc1S(=O)(=O)N(C)C. The number of nitrogens with one attached hydrogen (secondary N) is 2. The van der Waals surface area contributed by atoms with E-state index in [1.807, 2.05) is 31.2 Å². The molecule has 0 atom stereocenters. The van der Waals surface area contributed by atoms with Crippen LogP contribution in [0.15, 0.2) is 47.4 Å². The molecule has 2 aromatic carbocycles. The van der Waals surface area contributed by atoms with Gasteiger partial charge in [-0.25, -0.2) is 12.7 Å². The molecule has 2 rings (SSSR count). The van der Waals surface area contributed by atoms with Crippen LogP contribution < -0.4 is 15.4 Å². The van der Waals surface area contributed by atoms with Gasteiger partial charge in [0.1, 0.15) is 10.6 Å². The molecule has 0 aliphatic rings. The number of rotatable bonds is 8. The Kier molecular flexibility index (Phi) is 6.81. The molecule has 0 spiro atoms. The average Bonchev–Trinajstić information content (AvgIpc) is 2.62. The van der Waals surface area contributed by atoms with Crippen LogP contribution in [-0.4, -0.2) is 45.9 Å². The summed E-state index contributed by atoms with van der Waals surface area (Å²) < 4.78 is 31.6. The van der Waals surface area contributed by atoms with Gasteiger partial charge in [0.15, 0.2) is 0 Å². The third-order valence-corrected chi connectivity index (χ3v) is 5.71. The highest BCUT2D eigenvalue weighted by atomic mass is 32.2. The molecule has 0 aliphatic carbocycles. The third-order valence-electron chi connectivity index (χ3n) is 3.87. The number of carbonyl (C=O) groups excluding carboxylic acids is 1. The quantitative estimate of drug-likeness (QED) is 0.722. The summed E-state index contributed by atoms with van der Waals surface area (Å²) in [5.74, 6) is 0.0521. The first-order chi connectivity index (χ1) is 12.8. The van der Waals surface area contributed by atoms with Crippen molar-refractivity contribution in [1.29, 1.82) is 0 Å². The van der Waals surface area contributed by atoms with Crippen LogP contribution in [0.25, 0.3) is 0 Å². The number of benzene rings is 2. The maximum Gasteiger partial charge on any atom is 0.246 e. The Morgan fingerprint density at radius 3 is 2.48 bits per heavy atom. The number of para-hydroxylation sites is 1. The van der Waals surface area contributed by atoms with Crippen molar-refractivity contribution in [2.45, 2.75) is 18.7 Å². The molecule has 0 aliphatic heterocycles. The van der Waals surface area contributed by atoms with E-state index in [9.17, 15) is 13.2 Å². The third kappa shape index (κ3) is 5.21. The van der Waals surface area contributed by atoms with Crippen molar-refractivity contribution in [2.24, 2.45) is 0 Å². The number of nitrogens with zero attached hydrogens (tertiary/aromatic N) is 1. The molecule has 0 fully saturated rings. The number of ether oxygens (including phenoxy) is 1. The van der Waals surface area contributed by atoms with Gasteiger partial charge in [-0.2, -0.15) is 0 Å². The zero-order valence-electron chi connectivity index (χ0n) is 15.9. The van der Waals surface area contributed by atoms with E-state index in [1.54, 1.807) is 19.1 Å². The van der Waals surface area contributed by atoms with Gasteiger partial charge in [-0.1, -0.05) is 18.2 Å². The molecule has 0 radical (unpaired) electrons. The van der Waals surface area contributed by atoms with Gasteiger partial charge in [-0.05, 0) is 43.7 Å². The van der Waals surface area contributed by atoms with E-state index in [4.69, 9.17) is 4.74 Å². The van der Waals surface area contributed by atoms with Gasteiger partial charge in [0.05, 0.1) is 13.2 Å². The van der Waals surface area contributed by atoms with Crippen LogP contribution in [0.4, 0.5) is 11.4 Å². The number of anilines is 2. The highest BCUT2D eigenvalue weighted by molar-refractivity contribution is 7.89. The fourth-order valence-electron chi connectivity index (χ4n) is 2.38. The number of sulfonamides is 1. The van der Waals surface area contributed by atoms with Gasteiger partial charge in [0.2, 0.25) is 15.9 Å². The minimum atomic E-state index is -3.68. The molecular weight excluding hydrogens is 366 g/mol. The maximum atomic E-state index is 12.5. The van der Waals surface area contributed by atoms with Crippen LogP contribution in [-0.2, 0) is 14.8 Å². The Balaban J connectivity index is 2.15. The molecule has 27 heavy (non-hydrogen) atoms. The molecule has 0 saturated carbocycles. The Hall–Kier alpha value is -2.58. The van der Waals surface area contributed by atoms with E-state index in [2.05, 4.69) is 10.6 Å². The molecule has 1 amide bonds. The zero-order valence-corrected chi connectivity index (χ0v) is 16.8. The second-order valence-electron chi connectivity index (χ2n) is 6.10. The summed E-state index contributed by atoms with van der Waals surface area (Å²) in [6, 6.07) is 12.2. The van der Waals surface area contributed by atoms with Crippen LogP contribution >= 0.6 is 0 Å². The summed E-state index contributed by atoms with van der Waals surface area (Å²) in [5.41, 5.74) is 2.22. The van der Waals surface area contributed by atoms with E-state index < -0.39 is 10.0 Å². The van der Waals surface area contributed by atoms with E-state index >= 15 is 0 Å². The predicted octanol–water partition coefficient (Wildman–Crippen LogP) is 2.69. The van der Waals surface area contributed by atoms with E-state index in [-0.39, 0.29) is 23.1 Å². The van der Waals surface area contributed by atoms with Gasteiger partial charge in [0.25, 0.3) is 0 Å². The van der Waals surface area contributed by atoms with Crippen LogP contribution in [0.1, 0.15) is 12.5 Å². The first-order valence-corrected chi connectivity index (χ1v) is 9.98. The van der Waals surface area contributed by atoms with Gasteiger partial charge < -0.3 is 15.4 Å². The molecule has 2 aromatic rings. The van der Waals surface area contributed by atoms with E-state index in [0.717, 1.165) is 15.6 Å². The minimum absolute atomic E-state index is 0.00374. The molecule has 0 unspecified atom stereocenters. The summed E-state index contributed by atoms with van der Waals surface area (Å²) >= 11 is 0. The van der Waals surface area contributed by atoms with E-state index in [1.165, 1.54) is 20.2 Å². The van der Waals surface area contributed by atoms with Crippen LogP contribution in [0, 0.1) is 6.92 Å². The lowest BCUT2D eigenvalue weighted by atomic mass is 10.2. The lowest BCUT2D eigenvalue weighted by Crippen LogP contribution is -2.24.